The number of hydrogen-bond donors (Lipinski definition) is 0. The minimum atomic E-state index is -0.128. The van der Waals surface area contributed by atoms with E-state index in [4.69, 9.17) is 0 Å². The summed E-state index contributed by atoms with van der Waals surface area (Å²) >= 11 is 0. The normalized spacial score (nSPS) is 11.3. The van der Waals surface area contributed by atoms with Crippen molar-refractivity contribution in [2.45, 2.75) is 71.1 Å². The average Bonchev–Trinajstić information content (AvgIpc) is 2.19. The van der Waals surface area contributed by atoms with E-state index in [1.165, 1.54) is 57.8 Å². The van der Waals surface area contributed by atoms with Crippen molar-refractivity contribution in [1.29, 1.82) is 0 Å². The molecule has 0 aliphatic rings. The first-order valence-electron chi connectivity index (χ1n) is 7.10. The minimum Gasteiger partial charge on any atom is -0.633 e. The van der Waals surface area contributed by atoms with Gasteiger partial charge in [-0.1, -0.05) is 58.3 Å². The molecule has 0 saturated carbocycles. The number of unbranched alkanes of at least 4 members (excludes halogenated alkanes) is 9. The van der Waals surface area contributed by atoms with Gasteiger partial charge in [0.1, 0.15) is 0 Å². The van der Waals surface area contributed by atoms with Crippen LogP contribution in [-0.4, -0.2) is 54.8 Å². The Morgan fingerprint density at radius 3 is 1.41 bits per heavy atom. The Morgan fingerprint density at radius 2 is 1.06 bits per heavy atom. The Balaban J connectivity index is 0. The molecule has 0 heterocycles. The predicted molar refractivity (Wildman–Crippen MR) is 77.9 cm³/mol. The number of rotatable bonds is 11. The molecule has 0 bridgehead atoms. The van der Waals surface area contributed by atoms with E-state index in [0.717, 1.165) is 13.0 Å². The van der Waals surface area contributed by atoms with E-state index in [1.54, 1.807) is 14.1 Å². The molecule has 0 fully saturated rings. The van der Waals surface area contributed by atoms with Crippen LogP contribution in [0.4, 0.5) is 0 Å². The van der Waals surface area contributed by atoms with Gasteiger partial charge in [0.2, 0.25) is 0 Å². The van der Waals surface area contributed by atoms with Crippen LogP contribution in [0.2, 0.25) is 0 Å². The van der Waals surface area contributed by atoms with Gasteiger partial charge < -0.3 is 9.85 Å². The average molecular weight is 252 g/mol. The third kappa shape index (κ3) is 19.4. The van der Waals surface area contributed by atoms with Crippen LogP contribution in [0.3, 0.4) is 0 Å². The standard InChI is InChI=1S/C14H31NO.Na/c1-4-5-6-7-8-9-10-11-12-13-14-15(2,3)16;/h4-14H2,1-3H3;. The Hall–Kier alpha value is 0.920. The summed E-state index contributed by atoms with van der Waals surface area (Å²) in [5, 5.41) is 11.3. The van der Waals surface area contributed by atoms with Crippen molar-refractivity contribution in [2.75, 3.05) is 20.6 Å². The maximum Gasteiger partial charge on any atom is 0.0779 e. The summed E-state index contributed by atoms with van der Waals surface area (Å²) in [5.74, 6) is 0. The Labute approximate surface area is 131 Å². The van der Waals surface area contributed by atoms with Gasteiger partial charge in [-0.05, 0) is 12.8 Å². The zero-order valence-electron chi connectivity index (χ0n) is 12.6. The van der Waals surface area contributed by atoms with Crippen LogP contribution in [0.15, 0.2) is 0 Å². The molecule has 0 aromatic carbocycles. The second kappa shape index (κ2) is 13.4. The molecule has 1 radical (unpaired) electrons. The molecule has 0 rings (SSSR count). The van der Waals surface area contributed by atoms with E-state index in [-0.39, 0.29) is 34.2 Å². The van der Waals surface area contributed by atoms with Crippen molar-refractivity contribution in [3.05, 3.63) is 5.21 Å². The first-order chi connectivity index (χ1) is 7.56. The predicted octanol–water partition coefficient (Wildman–Crippen LogP) is 4.10. The van der Waals surface area contributed by atoms with Crippen LogP contribution in [0.1, 0.15) is 71.1 Å². The molecule has 0 N–H and O–H groups in total. The number of nitrogens with zero attached hydrogens (tertiary/aromatic N) is 1. The fraction of sp³-hybridized carbons (Fsp3) is 1.00. The summed E-state index contributed by atoms with van der Waals surface area (Å²) in [4.78, 5) is 0. The molecule has 0 atom stereocenters. The number of hydroxylamine groups is 3. The number of quaternary nitrogens is 1. The van der Waals surface area contributed by atoms with E-state index >= 15 is 0 Å². The van der Waals surface area contributed by atoms with Gasteiger partial charge in [-0.2, -0.15) is 0 Å². The second-order valence-electron chi connectivity index (χ2n) is 5.48. The Kier molecular flexibility index (Phi) is 15.9. The topological polar surface area (TPSA) is 23.1 Å². The summed E-state index contributed by atoms with van der Waals surface area (Å²) in [6.07, 6.45) is 13.4. The third-order valence-corrected chi connectivity index (χ3v) is 3.05. The third-order valence-electron chi connectivity index (χ3n) is 3.05. The van der Waals surface area contributed by atoms with Crippen LogP contribution in [0, 0.1) is 5.21 Å². The van der Waals surface area contributed by atoms with Crippen molar-refractivity contribution >= 4 is 29.6 Å². The fourth-order valence-corrected chi connectivity index (χ4v) is 1.98. The molecular formula is C14H31NNaO. The zero-order valence-corrected chi connectivity index (χ0v) is 14.6. The van der Waals surface area contributed by atoms with Crippen LogP contribution in [-0.2, 0) is 0 Å². The molecule has 99 valence electrons. The van der Waals surface area contributed by atoms with Gasteiger partial charge in [0.25, 0.3) is 0 Å². The van der Waals surface area contributed by atoms with E-state index in [0.29, 0.717) is 0 Å². The zero-order chi connectivity index (χ0) is 12.3. The van der Waals surface area contributed by atoms with Crippen LogP contribution < -0.4 is 0 Å². The van der Waals surface area contributed by atoms with Crippen molar-refractivity contribution in [1.82, 2.24) is 0 Å². The molecule has 0 spiro atoms. The van der Waals surface area contributed by atoms with Gasteiger partial charge in [0.05, 0.1) is 20.6 Å². The maximum atomic E-state index is 11.3. The Bertz CT molecular complexity index is 146. The summed E-state index contributed by atoms with van der Waals surface area (Å²) in [6, 6.07) is 0. The van der Waals surface area contributed by atoms with Gasteiger partial charge in [-0.3, -0.25) is 0 Å². The minimum absolute atomic E-state index is 0. The first kappa shape index (κ1) is 20.2. The summed E-state index contributed by atoms with van der Waals surface area (Å²) < 4.78 is -0.128. The SMILES string of the molecule is CCCCCCCCCCCC[N+](C)(C)[O-].[Na]. The van der Waals surface area contributed by atoms with Gasteiger partial charge in [-0.15, -0.1) is 0 Å². The summed E-state index contributed by atoms with van der Waals surface area (Å²) in [7, 11) is 3.46. The summed E-state index contributed by atoms with van der Waals surface area (Å²) in [5.41, 5.74) is 0. The second-order valence-corrected chi connectivity index (χ2v) is 5.48. The molecule has 0 unspecified atom stereocenters. The monoisotopic (exact) mass is 252 g/mol. The van der Waals surface area contributed by atoms with Gasteiger partial charge in [0.15, 0.2) is 0 Å². The van der Waals surface area contributed by atoms with E-state index in [2.05, 4.69) is 6.92 Å². The van der Waals surface area contributed by atoms with Crippen molar-refractivity contribution < 1.29 is 4.65 Å². The quantitative estimate of drug-likeness (QED) is 0.235. The van der Waals surface area contributed by atoms with Gasteiger partial charge in [-0.25, -0.2) is 0 Å². The molecule has 3 heteroatoms. The van der Waals surface area contributed by atoms with E-state index in [9.17, 15) is 5.21 Å². The van der Waals surface area contributed by atoms with Gasteiger partial charge in [0, 0.05) is 29.6 Å². The molecule has 0 aromatic rings. The Morgan fingerprint density at radius 1 is 0.706 bits per heavy atom. The van der Waals surface area contributed by atoms with Crippen molar-refractivity contribution in [2.24, 2.45) is 0 Å². The first-order valence-corrected chi connectivity index (χ1v) is 7.10. The van der Waals surface area contributed by atoms with Crippen LogP contribution >= 0.6 is 0 Å². The van der Waals surface area contributed by atoms with E-state index in [1.807, 2.05) is 0 Å². The molecule has 0 aromatic heterocycles. The van der Waals surface area contributed by atoms with Crippen LogP contribution in [0.25, 0.3) is 0 Å². The van der Waals surface area contributed by atoms with Crippen LogP contribution in [0.5, 0.6) is 0 Å². The summed E-state index contributed by atoms with van der Waals surface area (Å²) in [6.45, 7) is 3.03. The largest absolute Gasteiger partial charge is 0.633 e. The molecule has 2 nitrogen and oxygen atoms in total. The number of hydrogen-bond acceptors (Lipinski definition) is 1. The molecule has 17 heavy (non-hydrogen) atoms. The van der Waals surface area contributed by atoms with Crippen molar-refractivity contribution in [3.8, 4) is 0 Å². The smallest absolute Gasteiger partial charge is 0.0779 e. The van der Waals surface area contributed by atoms with E-state index < -0.39 is 0 Å². The molecular weight excluding hydrogens is 221 g/mol. The molecule has 0 saturated heterocycles. The molecule has 0 aliphatic carbocycles. The molecule has 0 aliphatic heterocycles. The van der Waals surface area contributed by atoms with Crippen molar-refractivity contribution in [3.63, 3.8) is 0 Å². The fourth-order valence-electron chi connectivity index (χ4n) is 1.98. The van der Waals surface area contributed by atoms with Gasteiger partial charge >= 0.3 is 0 Å². The maximum absolute atomic E-state index is 11.3. The molecule has 0 amide bonds.